The molecule has 1 aliphatic rings. The van der Waals surface area contributed by atoms with Crippen LogP contribution in [-0.2, 0) is 14.4 Å². The van der Waals surface area contributed by atoms with Gasteiger partial charge in [-0.15, -0.1) is 0 Å². The monoisotopic (exact) mass is 402 g/mol. The molecule has 0 aliphatic carbocycles. The predicted molar refractivity (Wildman–Crippen MR) is 113 cm³/mol. The zero-order chi connectivity index (χ0) is 21.2. The van der Waals surface area contributed by atoms with Gasteiger partial charge in [-0.3, -0.25) is 19.3 Å². The number of hydrogen-bond donors (Lipinski definition) is 2. The quantitative estimate of drug-likeness (QED) is 0.691. The van der Waals surface area contributed by atoms with Crippen molar-refractivity contribution >= 4 is 17.7 Å². The molecule has 29 heavy (non-hydrogen) atoms. The van der Waals surface area contributed by atoms with Crippen LogP contribution in [0.2, 0.25) is 0 Å². The first-order valence-electron chi connectivity index (χ1n) is 10.5. The number of rotatable bonds is 8. The van der Waals surface area contributed by atoms with E-state index in [2.05, 4.69) is 15.5 Å². The van der Waals surface area contributed by atoms with Crippen LogP contribution < -0.4 is 10.6 Å². The molecule has 7 heteroatoms. The van der Waals surface area contributed by atoms with Crippen LogP contribution in [0.5, 0.6) is 0 Å². The van der Waals surface area contributed by atoms with Gasteiger partial charge in [-0.25, -0.2) is 0 Å². The maximum Gasteiger partial charge on any atom is 0.249 e. The van der Waals surface area contributed by atoms with Gasteiger partial charge in [0.15, 0.2) is 0 Å². The minimum Gasteiger partial charge on any atom is -0.355 e. The van der Waals surface area contributed by atoms with E-state index in [-0.39, 0.29) is 23.6 Å². The number of carbonyl (C=O) groups excluding carboxylic acids is 3. The lowest BCUT2D eigenvalue weighted by atomic mass is 10.0. The first kappa shape index (κ1) is 22.9. The lowest BCUT2D eigenvalue weighted by Crippen LogP contribution is -2.45. The van der Waals surface area contributed by atoms with Crippen molar-refractivity contribution in [2.24, 2.45) is 5.92 Å². The Morgan fingerprint density at radius 1 is 1.00 bits per heavy atom. The van der Waals surface area contributed by atoms with Gasteiger partial charge in [0.05, 0.1) is 6.54 Å². The fourth-order valence-electron chi connectivity index (χ4n) is 3.51. The molecule has 0 bridgehead atoms. The molecular formula is C22H34N4O3. The molecule has 0 spiro atoms. The van der Waals surface area contributed by atoms with Crippen molar-refractivity contribution in [2.75, 3.05) is 39.3 Å². The third kappa shape index (κ3) is 7.49. The Hall–Kier alpha value is -2.41. The van der Waals surface area contributed by atoms with Crippen molar-refractivity contribution in [3.63, 3.8) is 0 Å². The van der Waals surface area contributed by atoms with Crippen molar-refractivity contribution in [1.82, 2.24) is 20.4 Å². The molecule has 1 unspecified atom stereocenters. The van der Waals surface area contributed by atoms with E-state index in [0.29, 0.717) is 39.1 Å². The number of hydrogen-bond acceptors (Lipinski definition) is 4. The highest BCUT2D eigenvalue weighted by atomic mass is 16.2. The lowest BCUT2D eigenvalue weighted by Gasteiger charge is -2.27. The molecule has 2 N–H and O–H groups in total. The third-order valence-electron chi connectivity index (χ3n) is 4.92. The first-order valence-corrected chi connectivity index (χ1v) is 10.5. The Morgan fingerprint density at radius 3 is 2.38 bits per heavy atom. The Bertz CT molecular complexity index is 678. The van der Waals surface area contributed by atoms with E-state index >= 15 is 0 Å². The highest BCUT2D eigenvalue weighted by Gasteiger charge is 2.29. The van der Waals surface area contributed by atoms with E-state index in [1.54, 1.807) is 0 Å². The molecule has 1 heterocycles. The van der Waals surface area contributed by atoms with Crippen LogP contribution in [0.1, 0.15) is 45.2 Å². The van der Waals surface area contributed by atoms with E-state index in [0.717, 1.165) is 18.5 Å². The molecule has 7 nitrogen and oxygen atoms in total. The summed E-state index contributed by atoms with van der Waals surface area (Å²) < 4.78 is 0. The van der Waals surface area contributed by atoms with E-state index < -0.39 is 6.04 Å². The molecule has 2 rings (SSSR count). The first-order chi connectivity index (χ1) is 13.9. The largest absolute Gasteiger partial charge is 0.355 e. The minimum absolute atomic E-state index is 0.00962. The second kappa shape index (κ2) is 11.6. The van der Waals surface area contributed by atoms with E-state index in [1.165, 1.54) is 0 Å². The third-order valence-corrected chi connectivity index (χ3v) is 4.92. The van der Waals surface area contributed by atoms with Crippen LogP contribution >= 0.6 is 0 Å². The topological polar surface area (TPSA) is 81.8 Å². The zero-order valence-corrected chi connectivity index (χ0v) is 17.8. The van der Waals surface area contributed by atoms with Gasteiger partial charge in [-0.05, 0) is 24.8 Å². The molecule has 1 aliphatic heterocycles. The number of carbonyl (C=O) groups is 3. The van der Waals surface area contributed by atoms with Crippen molar-refractivity contribution in [3.8, 4) is 0 Å². The number of amides is 3. The standard InChI is InChI=1S/C22H34N4O3/c1-4-23-20(28)16-25-11-8-12-26(14-13-25)22(29)21(18-9-6-5-7-10-18)24-19(27)15-17(2)3/h5-7,9-10,17,21H,4,8,11-16H2,1-3H3,(H,23,28)(H,24,27). The maximum absolute atomic E-state index is 13.3. The molecule has 160 valence electrons. The van der Waals surface area contributed by atoms with Gasteiger partial charge in [-0.1, -0.05) is 44.2 Å². The average Bonchev–Trinajstić information content (AvgIpc) is 2.91. The molecular weight excluding hydrogens is 368 g/mol. The van der Waals surface area contributed by atoms with E-state index in [1.807, 2.05) is 56.0 Å². The lowest BCUT2D eigenvalue weighted by molar-refractivity contribution is -0.136. The number of nitrogens with zero attached hydrogens (tertiary/aromatic N) is 2. The molecule has 1 aromatic rings. The molecule has 3 amide bonds. The van der Waals surface area contributed by atoms with Crippen LogP contribution in [0.4, 0.5) is 0 Å². The zero-order valence-electron chi connectivity index (χ0n) is 17.8. The Balaban J connectivity index is 2.06. The van der Waals surface area contributed by atoms with Gasteiger partial charge in [-0.2, -0.15) is 0 Å². The summed E-state index contributed by atoms with van der Waals surface area (Å²) in [4.78, 5) is 41.5. The molecule has 1 saturated heterocycles. The van der Waals surface area contributed by atoms with Crippen molar-refractivity contribution in [2.45, 2.75) is 39.7 Å². The summed E-state index contributed by atoms with van der Waals surface area (Å²) in [5.41, 5.74) is 0.790. The molecule has 0 saturated carbocycles. The van der Waals surface area contributed by atoms with Gasteiger partial charge < -0.3 is 15.5 Å². The minimum atomic E-state index is -0.683. The van der Waals surface area contributed by atoms with Gasteiger partial charge in [0.2, 0.25) is 17.7 Å². The van der Waals surface area contributed by atoms with Crippen LogP contribution in [0.3, 0.4) is 0 Å². The molecule has 0 radical (unpaired) electrons. The molecule has 0 aromatic heterocycles. The number of benzene rings is 1. The van der Waals surface area contributed by atoms with Crippen molar-refractivity contribution < 1.29 is 14.4 Å². The maximum atomic E-state index is 13.3. The van der Waals surface area contributed by atoms with E-state index in [4.69, 9.17) is 0 Å². The molecule has 1 atom stereocenters. The van der Waals surface area contributed by atoms with Gasteiger partial charge in [0.1, 0.15) is 6.04 Å². The van der Waals surface area contributed by atoms with Crippen LogP contribution in [0.25, 0.3) is 0 Å². The normalized spacial score (nSPS) is 16.2. The van der Waals surface area contributed by atoms with Gasteiger partial charge in [0, 0.05) is 39.1 Å². The summed E-state index contributed by atoms with van der Waals surface area (Å²) in [7, 11) is 0. The summed E-state index contributed by atoms with van der Waals surface area (Å²) >= 11 is 0. The van der Waals surface area contributed by atoms with Gasteiger partial charge in [0.25, 0.3) is 0 Å². The molecule has 1 aromatic carbocycles. The highest BCUT2D eigenvalue weighted by molar-refractivity contribution is 5.88. The van der Waals surface area contributed by atoms with Crippen molar-refractivity contribution in [1.29, 1.82) is 0 Å². The Labute approximate surface area is 173 Å². The van der Waals surface area contributed by atoms with Crippen LogP contribution in [0, 0.1) is 5.92 Å². The fraction of sp³-hybridized carbons (Fsp3) is 0.591. The fourth-order valence-corrected chi connectivity index (χ4v) is 3.51. The number of nitrogens with one attached hydrogen (secondary N) is 2. The molecule has 1 fully saturated rings. The van der Waals surface area contributed by atoms with E-state index in [9.17, 15) is 14.4 Å². The summed E-state index contributed by atoms with van der Waals surface area (Å²) in [6.07, 6.45) is 1.18. The van der Waals surface area contributed by atoms with Gasteiger partial charge >= 0.3 is 0 Å². The summed E-state index contributed by atoms with van der Waals surface area (Å²) in [5, 5.41) is 5.75. The Morgan fingerprint density at radius 2 is 1.72 bits per heavy atom. The van der Waals surface area contributed by atoms with Crippen molar-refractivity contribution in [3.05, 3.63) is 35.9 Å². The van der Waals surface area contributed by atoms with Crippen LogP contribution in [0.15, 0.2) is 30.3 Å². The SMILES string of the molecule is CCNC(=O)CN1CCCN(C(=O)C(NC(=O)CC(C)C)c2ccccc2)CC1. The number of likely N-dealkylation sites (N-methyl/N-ethyl adjacent to an activating group) is 1. The predicted octanol–water partition coefficient (Wildman–Crippen LogP) is 1.56. The smallest absolute Gasteiger partial charge is 0.249 e. The highest BCUT2D eigenvalue weighted by Crippen LogP contribution is 2.18. The second-order valence-electron chi connectivity index (χ2n) is 7.92. The summed E-state index contributed by atoms with van der Waals surface area (Å²) in [5.74, 6) is 0.0287. The summed E-state index contributed by atoms with van der Waals surface area (Å²) in [6, 6.07) is 8.71. The second-order valence-corrected chi connectivity index (χ2v) is 7.92. The Kier molecular flexibility index (Phi) is 9.12. The summed E-state index contributed by atoms with van der Waals surface area (Å²) in [6.45, 7) is 9.41. The van der Waals surface area contributed by atoms with Crippen LogP contribution in [-0.4, -0.2) is 66.8 Å². The average molecular weight is 403 g/mol.